The maximum absolute atomic E-state index is 12.4. The molecule has 2 heterocycles. The van der Waals surface area contributed by atoms with Crippen LogP contribution in [0.5, 0.6) is 5.06 Å². The first kappa shape index (κ1) is 15.7. The molecule has 23 heavy (non-hydrogen) atoms. The minimum atomic E-state index is -0.726. The Hall–Kier alpha value is -2.16. The topological polar surface area (TPSA) is 101 Å². The van der Waals surface area contributed by atoms with Gasteiger partial charge in [0.15, 0.2) is 10.2 Å². The van der Waals surface area contributed by atoms with Gasteiger partial charge in [0.05, 0.1) is 13.3 Å². The van der Waals surface area contributed by atoms with Crippen molar-refractivity contribution in [2.75, 3.05) is 19.0 Å². The van der Waals surface area contributed by atoms with E-state index in [0.717, 1.165) is 17.7 Å². The highest BCUT2D eigenvalue weighted by Gasteiger charge is 2.52. The van der Waals surface area contributed by atoms with Crippen LogP contribution < -0.4 is 15.4 Å². The maximum atomic E-state index is 12.4. The van der Waals surface area contributed by atoms with Crippen LogP contribution in [-0.2, 0) is 9.59 Å². The standard InChI is InChI=1S/C14H18N4O4S/c1-22-10-8-15-12(23-10)16-9(19)4-7-18-11(20)14(17-13(18)21)5-2-3-6-14/h8H,2-7H2,1H3,(H,17,21)(H,15,16,19). The normalized spacial score (nSPS) is 19.3. The highest BCUT2D eigenvalue weighted by Crippen LogP contribution is 2.35. The number of methoxy groups -OCH3 is 1. The molecule has 8 nitrogen and oxygen atoms in total. The van der Waals surface area contributed by atoms with E-state index in [0.29, 0.717) is 23.0 Å². The molecule has 0 atom stereocenters. The van der Waals surface area contributed by atoms with Gasteiger partial charge in [0.1, 0.15) is 5.54 Å². The predicted molar refractivity (Wildman–Crippen MR) is 83.4 cm³/mol. The third-order valence-electron chi connectivity index (χ3n) is 4.20. The number of rotatable bonds is 5. The van der Waals surface area contributed by atoms with Crippen LogP contribution in [0.1, 0.15) is 32.1 Å². The largest absolute Gasteiger partial charge is 0.486 e. The van der Waals surface area contributed by atoms with Gasteiger partial charge in [0, 0.05) is 13.0 Å². The van der Waals surface area contributed by atoms with Crippen molar-refractivity contribution in [3.63, 3.8) is 0 Å². The molecule has 0 aromatic carbocycles. The number of amides is 4. The van der Waals surface area contributed by atoms with Gasteiger partial charge in [-0.1, -0.05) is 24.2 Å². The molecule has 2 fully saturated rings. The zero-order valence-electron chi connectivity index (χ0n) is 12.8. The van der Waals surface area contributed by atoms with Crippen molar-refractivity contribution in [1.29, 1.82) is 0 Å². The van der Waals surface area contributed by atoms with E-state index >= 15 is 0 Å². The fourth-order valence-electron chi connectivity index (χ4n) is 3.00. The van der Waals surface area contributed by atoms with Crippen LogP contribution in [-0.4, -0.2) is 46.9 Å². The number of urea groups is 1. The molecule has 1 aliphatic carbocycles. The van der Waals surface area contributed by atoms with Gasteiger partial charge in [-0.3, -0.25) is 14.5 Å². The second kappa shape index (κ2) is 6.15. The molecule has 1 saturated carbocycles. The van der Waals surface area contributed by atoms with E-state index in [-0.39, 0.29) is 24.8 Å². The third-order valence-corrected chi connectivity index (χ3v) is 5.07. The van der Waals surface area contributed by atoms with Crippen molar-refractivity contribution in [3.05, 3.63) is 6.20 Å². The highest BCUT2D eigenvalue weighted by atomic mass is 32.1. The number of carbonyl (C=O) groups excluding carboxylic acids is 3. The molecular weight excluding hydrogens is 320 g/mol. The second-order valence-electron chi connectivity index (χ2n) is 5.66. The highest BCUT2D eigenvalue weighted by molar-refractivity contribution is 7.17. The number of ether oxygens (including phenoxy) is 1. The number of imide groups is 1. The predicted octanol–water partition coefficient (Wildman–Crippen LogP) is 1.34. The second-order valence-corrected chi connectivity index (χ2v) is 6.66. The van der Waals surface area contributed by atoms with Crippen LogP contribution in [0, 0.1) is 0 Å². The summed E-state index contributed by atoms with van der Waals surface area (Å²) in [5, 5.41) is 6.44. The van der Waals surface area contributed by atoms with E-state index in [4.69, 9.17) is 4.74 Å². The molecule has 1 saturated heterocycles. The van der Waals surface area contributed by atoms with Crippen molar-refractivity contribution in [1.82, 2.24) is 15.2 Å². The smallest absolute Gasteiger partial charge is 0.325 e. The number of thiazole rings is 1. The van der Waals surface area contributed by atoms with Crippen molar-refractivity contribution >= 4 is 34.3 Å². The summed E-state index contributed by atoms with van der Waals surface area (Å²) >= 11 is 1.21. The first-order valence-electron chi connectivity index (χ1n) is 7.48. The lowest BCUT2D eigenvalue weighted by molar-refractivity contribution is -0.131. The van der Waals surface area contributed by atoms with Crippen LogP contribution in [0.4, 0.5) is 9.93 Å². The molecule has 0 bridgehead atoms. The van der Waals surface area contributed by atoms with E-state index < -0.39 is 11.6 Å². The molecule has 0 radical (unpaired) electrons. The zero-order valence-corrected chi connectivity index (χ0v) is 13.6. The summed E-state index contributed by atoms with van der Waals surface area (Å²) in [5.41, 5.74) is -0.726. The Bertz CT molecular complexity index is 638. The third kappa shape index (κ3) is 3.00. The molecule has 1 spiro atoms. The fourth-order valence-corrected chi connectivity index (χ4v) is 3.65. The van der Waals surface area contributed by atoms with Crippen molar-refractivity contribution < 1.29 is 19.1 Å². The van der Waals surface area contributed by atoms with Crippen LogP contribution in [0.2, 0.25) is 0 Å². The summed E-state index contributed by atoms with van der Waals surface area (Å²) in [4.78, 5) is 41.5. The number of hydrogen-bond acceptors (Lipinski definition) is 6. The number of carbonyl (C=O) groups is 3. The van der Waals surface area contributed by atoms with Crippen LogP contribution in [0.15, 0.2) is 6.20 Å². The Morgan fingerprint density at radius 2 is 2.22 bits per heavy atom. The molecule has 4 amide bonds. The Kier molecular flexibility index (Phi) is 4.20. The Morgan fingerprint density at radius 3 is 2.87 bits per heavy atom. The Balaban J connectivity index is 1.54. The van der Waals surface area contributed by atoms with Crippen molar-refractivity contribution in [2.45, 2.75) is 37.6 Å². The molecule has 1 aliphatic heterocycles. The Labute approximate surface area is 137 Å². The first-order chi connectivity index (χ1) is 11.0. The van der Waals surface area contributed by atoms with E-state index in [1.165, 1.54) is 24.6 Å². The molecule has 2 aliphatic rings. The number of nitrogens with zero attached hydrogens (tertiary/aromatic N) is 2. The van der Waals surface area contributed by atoms with Crippen molar-refractivity contribution in [3.8, 4) is 5.06 Å². The van der Waals surface area contributed by atoms with E-state index in [2.05, 4.69) is 15.6 Å². The van der Waals surface area contributed by atoms with E-state index in [1.54, 1.807) is 0 Å². The van der Waals surface area contributed by atoms with E-state index in [1.807, 2.05) is 0 Å². The average molecular weight is 338 g/mol. The lowest BCUT2D eigenvalue weighted by atomic mass is 9.98. The maximum Gasteiger partial charge on any atom is 0.325 e. The van der Waals surface area contributed by atoms with E-state index in [9.17, 15) is 14.4 Å². The molecular formula is C14H18N4O4S. The average Bonchev–Trinajstić information content (AvgIpc) is 3.21. The van der Waals surface area contributed by atoms with Crippen molar-refractivity contribution in [2.24, 2.45) is 0 Å². The summed E-state index contributed by atoms with van der Waals surface area (Å²) in [6.45, 7) is 0.0702. The SMILES string of the molecule is COc1cnc(NC(=O)CCN2C(=O)NC3(CCCC3)C2=O)s1. The molecule has 2 N–H and O–H groups in total. The van der Waals surface area contributed by atoms with Gasteiger partial charge in [-0.05, 0) is 12.8 Å². The van der Waals surface area contributed by atoms with Crippen LogP contribution in [0.25, 0.3) is 0 Å². The number of nitrogens with one attached hydrogen (secondary N) is 2. The van der Waals surface area contributed by atoms with Gasteiger partial charge < -0.3 is 15.4 Å². The summed E-state index contributed by atoms with van der Waals surface area (Å²) < 4.78 is 5.00. The van der Waals surface area contributed by atoms with Gasteiger partial charge in [-0.2, -0.15) is 0 Å². The lowest BCUT2D eigenvalue weighted by Gasteiger charge is -2.19. The van der Waals surface area contributed by atoms with Crippen LogP contribution in [0.3, 0.4) is 0 Å². The minimum absolute atomic E-state index is 0.0388. The molecule has 0 unspecified atom stereocenters. The number of anilines is 1. The quantitative estimate of drug-likeness (QED) is 0.789. The molecule has 1 aromatic heterocycles. The molecule has 1 aromatic rings. The summed E-state index contributed by atoms with van der Waals surface area (Å²) in [7, 11) is 1.52. The van der Waals surface area contributed by atoms with Crippen LogP contribution >= 0.6 is 11.3 Å². The number of hydrogen-bond donors (Lipinski definition) is 2. The molecule has 3 rings (SSSR count). The summed E-state index contributed by atoms with van der Waals surface area (Å²) in [6, 6.07) is -0.402. The number of aromatic nitrogens is 1. The van der Waals surface area contributed by atoms with Gasteiger partial charge in [-0.25, -0.2) is 9.78 Å². The molecule has 124 valence electrons. The first-order valence-corrected chi connectivity index (χ1v) is 8.29. The summed E-state index contributed by atoms with van der Waals surface area (Å²) in [5.74, 6) is -0.501. The fraction of sp³-hybridized carbons (Fsp3) is 0.571. The molecule has 9 heteroatoms. The summed E-state index contributed by atoms with van der Waals surface area (Å²) in [6.07, 6.45) is 4.79. The Morgan fingerprint density at radius 1 is 1.48 bits per heavy atom. The minimum Gasteiger partial charge on any atom is -0.486 e. The monoisotopic (exact) mass is 338 g/mol. The van der Waals surface area contributed by atoms with Gasteiger partial charge >= 0.3 is 6.03 Å². The van der Waals surface area contributed by atoms with Gasteiger partial charge in [0.25, 0.3) is 5.91 Å². The lowest BCUT2D eigenvalue weighted by Crippen LogP contribution is -2.44. The zero-order chi connectivity index (χ0) is 16.4. The van der Waals surface area contributed by atoms with Gasteiger partial charge in [0.2, 0.25) is 5.91 Å². The van der Waals surface area contributed by atoms with Gasteiger partial charge in [-0.15, -0.1) is 0 Å².